The van der Waals surface area contributed by atoms with E-state index in [4.69, 9.17) is 4.74 Å². The van der Waals surface area contributed by atoms with Gasteiger partial charge in [-0.3, -0.25) is 0 Å². The van der Waals surface area contributed by atoms with E-state index < -0.39 is 0 Å². The number of ether oxygens (including phenoxy) is 1. The van der Waals surface area contributed by atoms with Crippen molar-refractivity contribution < 1.29 is 4.74 Å². The first-order valence-electron chi connectivity index (χ1n) is 25.8. The molecule has 1 nitrogen and oxygen atoms in total. The molecule has 18 atom stereocenters. The van der Waals surface area contributed by atoms with Gasteiger partial charge in [0.25, 0.3) is 0 Å². The van der Waals surface area contributed by atoms with Crippen LogP contribution in [-0.4, -0.2) is 12.2 Å². The van der Waals surface area contributed by atoms with Gasteiger partial charge in [-0.05, 0) is 220 Å². The Hall–Kier alpha value is -0.0400. The zero-order valence-electron chi connectivity index (χ0n) is 38.6. The summed E-state index contributed by atoms with van der Waals surface area (Å²) in [6.07, 6.45) is 36.6. The summed E-state index contributed by atoms with van der Waals surface area (Å²) in [7, 11) is 0. The van der Waals surface area contributed by atoms with Crippen LogP contribution in [0.3, 0.4) is 0 Å². The molecule has 0 heterocycles. The lowest BCUT2D eigenvalue weighted by molar-refractivity contribution is -0.168. The third-order valence-corrected chi connectivity index (χ3v) is 22.0. The van der Waals surface area contributed by atoms with Crippen molar-refractivity contribution in [3.63, 3.8) is 0 Å². The van der Waals surface area contributed by atoms with Crippen LogP contribution in [0.25, 0.3) is 0 Å². The Balaban J connectivity index is 0.840. The summed E-state index contributed by atoms with van der Waals surface area (Å²) in [5.41, 5.74) is 2.40. The normalized spacial score (nSPS) is 50.4. The molecule has 55 heavy (non-hydrogen) atoms. The van der Waals surface area contributed by atoms with E-state index in [2.05, 4.69) is 69.2 Å². The molecule has 0 N–H and O–H groups in total. The molecular formula is C54H94O. The average molecular weight is 759 g/mol. The molecule has 0 amide bonds. The van der Waals surface area contributed by atoms with Gasteiger partial charge in [0.05, 0.1) is 12.2 Å². The maximum absolute atomic E-state index is 7.34. The van der Waals surface area contributed by atoms with Crippen molar-refractivity contribution in [2.45, 2.75) is 236 Å². The highest BCUT2D eigenvalue weighted by atomic mass is 16.5. The van der Waals surface area contributed by atoms with Gasteiger partial charge in [0.2, 0.25) is 0 Å². The molecule has 1 heteroatoms. The third-order valence-electron chi connectivity index (χ3n) is 22.0. The summed E-state index contributed by atoms with van der Waals surface area (Å²) >= 11 is 0. The van der Waals surface area contributed by atoms with Crippen LogP contribution in [0.15, 0.2) is 0 Å². The van der Waals surface area contributed by atoms with Crippen molar-refractivity contribution in [1.29, 1.82) is 0 Å². The SMILES string of the molecule is CC(C)CCC[C@@H](C)[C@H]1CC[C@@H]2[C@@H]3CC[C@H]4C[C@H](O[C@@H]5CC[C@@]6(C)[C@@H](CC[C@H]7[C@H]8CC[C@@H]([C@H](C)CCCC(C)C)[C@]8(C)CC[C@@H]76)C5)CC[C@]4(C)[C@@H]3CC[C@]21C. The van der Waals surface area contributed by atoms with Crippen LogP contribution in [0.4, 0.5) is 0 Å². The second-order valence-electron chi connectivity index (χ2n) is 25.3. The Labute approximate surface area is 343 Å². The molecule has 0 bridgehead atoms. The maximum Gasteiger partial charge on any atom is 0.0582 e. The molecule has 0 saturated heterocycles. The molecule has 0 unspecified atom stereocenters. The Kier molecular flexibility index (Phi) is 12.2. The molecule has 0 aromatic carbocycles. The van der Waals surface area contributed by atoms with E-state index in [1.165, 1.54) is 141 Å². The molecule has 8 saturated carbocycles. The molecule has 0 radical (unpaired) electrons. The molecule has 0 aliphatic heterocycles. The lowest BCUT2D eigenvalue weighted by atomic mass is 9.44. The van der Waals surface area contributed by atoms with E-state index >= 15 is 0 Å². The largest absolute Gasteiger partial charge is 0.375 e. The Morgan fingerprint density at radius 3 is 1.20 bits per heavy atom. The molecule has 0 aromatic rings. The first-order valence-corrected chi connectivity index (χ1v) is 25.8. The average Bonchev–Trinajstić information content (AvgIpc) is 3.68. The van der Waals surface area contributed by atoms with Crippen LogP contribution in [0.2, 0.25) is 0 Å². The molecular weight excluding hydrogens is 665 g/mol. The quantitative estimate of drug-likeness (QED) is 0.193. The third kappa shape index (κ3) is 7.44. The Morgan fingerprint density at radius 2 is 0.800 bits per heavy atom. The van der Waals surface area contributed by atoms with Crippen molar-refractivity contribution in [2.75, 3.05) is 0 Å². The Bertz CT molecular complexity index is 1190. The van der Waals surface area contributed by atoms with Gasteiger partial charge in [-0.25, -0.2) is 0 Å². The summed E-state index contributed by atoms with van der Waals surface area (Å²) in [5, 5.41) is 0. The number of rotatable bonds is 12. The van der Waals surface area contributed by atoms with Crippen LogP contribution in [0.1, 0.15) is 223 Å². The van der Waals surface area contributed by atoms with Gasteiger partial charge < -0.3 is 4.74 Å². The highest BCUT2D eigenvalue weighted by molar-refractivity contribution is 5.12. The van der Waals surface area contributed by atoms with Gasteiger partial charge in [-0.2, -0.15) is 0 Å². The van der Waals surface area contributed by atoms with Gasteiger partial charge in [0.15, 0.2) is 0 Å². The van der Waals surface area contributed by atoms with Gasteiger partial charge in [0.1, 0.15) is 0 Å². The van der Waals surface area contributed by atoms with Crippen LogP contribution in [0.5, 0.6) is 0 Å². The summed E-state index contributed by atoms with van der Waals surface area (Å²) in [6.45, 7) is 26.1. The number of fused-ring (bicyclic) bond motifs is 10. The van der Waals surface area contributed by atoms with Crippen LogP contribution < -0.4 is 0 Å². The van der Waals surface area contributed by atoms with E-state index in [1.807, 2.05) is 0 Å². The fourth-order valence-electron chi connectivity index (χ4n) is 19.0. The molecule has 316 valence electrons. The Morgan fingerprint density at radius 1 is 0.418 bits per heavy atom. The van der Waals surface area contributed by atoms with Crippen LogP contribution >= 0.6 is 0 Å². The summed E-state index contributed by atoms with van der Waals surface area (Å²) in [4.78, 5) is 0. The standard InChI is InChI=1S/C54H94O/c1-35(2)13-11-15-37(5)45-21-23-47-43-19-17-39-33-41(25-29-51(39,7)49(43)27-31-53(45,47)9)55-42-26-30-52(8)40(34-42)18-20-44-48-24-22-46(38(6)16-12-14-36(3)4)54(48,10)32-28-50(44)52/h35-50H,11-34H2,1-10H3/t37-,38-,39+,40+,41-,42-,43+,44+,45-,46+,47-,48-,49-,50+,51+,52+,53+,54+/m1/s1. The predicted molar refractivity (Wildman–Crippen MR) is 235 cm³/mol. The summed E-state index contributed by atoms with van der Waals surface area (Å²) in [5.74, 6) is 13.4. The molecule has 8 aliphatic carbocycles. The van der Waals surface area contributed by atoms with E-state index in [9.17, 15) is 0 Å². The van der Waals surface area contributed by atoms with E-state index in [0.29, 0.717) is 33.9 Å². The molecule has 8 fully saturated rings. The lowest BCUT2D eigenvalue weighted by Crippen LogP contribution is -2.55. The molecule has 8 aliphatic rings. The second kappa shape index (κ2) is 16.1. The van der Waals surface area contributed by atoms with E-state index in [-0.39, 0.29) is 0 Å². The fraction of sp³-hybridized carbons (Fsp3) is 1.00. The van der Waals surface area contributed by atoms with Gasteiger partial charge in [-0.1, -0.05) is 108 Å². The summed E-state index contributed by atoms with van der Waals surface area (Å²) < 4.78 is 7.34. The summed E-state index contributed by atoms with van der Waals surface area (Å²) in [6, 6.07) is 0. The molecule has 0 aromatic heterocycles. The monoisotopic (exact) mass is 759 g/mol. The van der Waals surface area contributed by atoms with Crippen LogP contribution in [0, 0.1) is 105 Å². The van der Waals surface area contributed by atoms with Crippen LogP contribution in [-0.2, 0) is 4.74 Å². The predicted octanol–water partition coefficient (Wildman–Crippen LogP) is 16.0. The topological polar surface area (TPSA) is 9.23 Å². The number of hydrogen-bond donors (Lipinski definition) is 0. The zero-order chi connectivity index (χ0) is 38.9. The lowest BCUT2D eigenvalue weighted by Gasteiger charge is -2.62. The van der Waals surface area contributed by atoms with Crippen molar-refractivity contribution in [2.24, 2.45) is 105 Å². The molecule has 8 rings (SSSR count). The van der Waals surface area contributed by atoms with Crippen molar-refractivity contribution in [3.05, 3.63) is 0 Å². The fourth-order valence-corrected chi connectivity index (χ4v) is 19.0. The van der Waals surface area contributed by atoms with Gasteiger partial charge in [-0.15, -0.1) is 0 Å². The first kappa shape index (κ1) is 41.7. The minimum atomic E-state index is 0.546. The van der Waals surface area contributed by atoms with Crippen molar-refractivity contribution in [3.8, 4) is 0 Å². The van der Waals surface area contributed by atoms with Crippen molar-refractivity contribution >= 4 is 0 Å². The van der Waals surface area contributed by atoms with Crippen molar-refractivity contribution in [1.82, 2.24) is 0 Å². The second-order valence-corrected chi connectivity index (χ2v) is 25.3. The smallest absolute Gasteiger partial charge is 0.0582 e. The zero-order valence-corrected chi connectivity index (χ0v) is 38.6. The highest BCUT2D eigenvalue weighted by Crippen LogP contribution is 2.70. The van der Waals surface area contributed by atoms with Gasteiger partial charge in [0, 0.05) is 0 Å². The minimum Gasteiger partial charge on any atom is -0.375 e. The maximum atomic E-state index is 7.34. The van der Waals surface area contributed by atoms with E-state index in [1.54, 1.807) is 12.8 Å². The molecule has 0 spiro atoms. The van der Waals surface area contributed by atoms with E-state index in [0.717, 1.165) is 82.9 Å². The van der Waals surface area contributed by atoms with Gasteiger partial charge >= 0.3 is 0 Å². The minimum absolute atomic E-state index is 0.546. The first-order chi connectivity index (χ1) is 26.2. The number of hydrogen-bond acceptors (Lipinski definition) is 1. The highest BCUT2D eigenvalue weighted by Gasteiger charge is 2.63.